The molecule has 37 heavy (non-hydrogen) atoms. The molecule has 0 aliphatic rings. The number of carbonyl (C=O) groups is 1. The van der Waals surface area contributed by atoms with Crippen molar-refractivity contribution >= 4 is 22.3 Å². The van der Waals surface area contributed by atoms with Gasteiger partial charge in [0, 0.05) is 22.7 Å². The van der Waals surface area contributed by atoms with Crippen molar-refractivity contribution in [3.8, 4) is 17.0 Å². The van der Waals surface area contributed by atoms with E-state index in [9.17, 15) is 9.59 Å². The van der Waals surface area contributed by atoms with Crippen LogP contribution in [-0.2, 0) is 0 Å². The van der Waals surface area contributed by atoms with Crippen LogP contribution in [0, 0.1) is 6.92 Å². The van der Waals surface area contributed by atoms with Crippen LogP contribution in [0.5, 0.6) is 5.75 Å². The lowest BCUT2D eigenvalue weighted by molar-refractivity contribution is 0.0933. The van der Waals surface area contributed by atoms with Crippen LogP contribution >= 0.6 is 0 Å². The first-order chi connectivity index (χ1) is 17.8. The van der Waals surface area contributed by atoms with Crippen LogP contribution in [0.4, 0.5) is 0 Å². The third kappa shape index (κ3) is 4.46. The zero-order valence-corrected chi connectivity index (χ0v) is 21.5. The van der Waals surface area contributed by atoms with Gasteiger partial charge in [0.2, 0.25) is 0 Å². The van der Waals surface area contributed by atoms with E-state index in [1.807, 2.05) is 76.2 Å². The van der Waals surface area contributed by atoms with Gasteiger partial charge in [-0.05, 0) is 55.2 Å². The Morgan fingerprint density at radius 1 is 1.11 bits per heavy atom. The number of fused-ring (bicyclic) bond motifs is 2. The minimum atomic E-state index is -0.334. The number of ether oxygens (including phenoxy) is 1. The molecule has 2 aromatic carbocycles. The average molecular weight is 496 g/mol. The third-order valence-corrected chi connectivity index (χ3v) is 6.67. The van der Waals surface area contributed by atoms with Gasteiger partial charge in [-0.15, -0.1) is 0 Å². The smallest absolute Gasteiger partial charge is 0.274 e. The van der Waals surface area contributed by atoms with Gasteiger partial charge in [-0.3, -0.25) is 14.6 Å². The number of aromatic amines is 1. The van der Waals surface area contributed by atoms with Crippen LogP contribution in [0.25, 0.3) is 27.7 Å². The van der Waals surface area contributed by atoms with E-state index < -0.39 is 0 Å². The Bertz CT molecular complexity index is 1680. The molecule has 3 heterocycles. The highest BCUT2D eigenvalue weighted by Gasteiger charge is 2.25. The van der Waals surface area contributed by atoms with E-state index in [0.717, 1.165) is 33.3 Å². The van der Waals surface area contributed by atoms with Crippen molar-refractivity contribution in [3.63, 3.8) is 0 Å². The molecule has 0 spiro atoms. The summed E-state index contributed by atoms with van der Waals surface area (Å²) in [5.41, 5.74) is 5.17. The Balaban J connectivity index is 1.54. The van der Waals surface area contributed by atoms with Crippen molar-refractivity contribution in [1.29, 1.82) is 0 Å². The van der Waals surface area contributed by atoms with E-state index >= 15 is 0 Å². The number of hydrogen-bond donors (Lipinski definition) is 2. The summed E-state index contributed by atoms with van der Waals surface area (Å²) in [4.78, 5) is 34.2. The lowest BCUT2D eigenvalue weighted by atomic mass is 10.0. The Morgan fingerprint density at radius 3 is 2.57 bits per heavy atom. The molecule has 8 nitrogen and oxygen atoms in total. The maximum atomic E-state index is 13.4. The van der Waals surface area contributed by atoms with E-state index in [4.69, 9.17) is 4.74 Å². The monoisotopic (exact) mass is 495 g/mol. The number of nitrogens with one attached hydrogen (secondary N) is 2. The van der Waals surface area contributed by atoms with Crippen LogP contribution in [0.15, 0.2) is 65.7 Å². The quantitative estimate of drug-likeness (QED) is 0.338. The van der Waals surface area contributed by atoms with Crippen molar-refractivity contribution < 1.29 is 9.53 Å². The Kier molecular flexibility index (Phi) is 6.25. The highest BCUT2D eigenvalue weighted by atomic mass is 16.5. The van der Waals surface area contributed by atoms with Crippen molar-refractivity contribution in [2.75, 3.05) is 7.11 Å². The lowest BCUT2D eigenvalue weighted by Crippen LogP contribution is -2.28. The Labute approximate surface area is 214 Å². The molecule has 0 saturated heterocycles. The van der Waals surface area contributed by atoms with Gasteiger partial charge < -0.3 is 15.0 Å². The summed E-state index contributed by atoms with van der Waals surface area (Å²) >= 11 is 0. The first kappa shape index (κ1) is 24.2. The molecule has 0 radical (unpaired) electrons. The van der Waals surface area contributed by atoms with E-state index in [0.29, 0.717) is 16.8 Å². The number of benzene rings is 2. The molecule has 5 aromatic rings. The molecular formula is C29H29N5O3. The molecule has 5 rings (SSSR count). The topological polar surface area (TPSA) is 101 Å². The lowest BCUT2D eigenvalue weighted by Gasteiger charge is -2.15. The highest BCUT2D eigenvalue weighted by molar-refractivity contribution is 5.96. The molecule has 1 atom stereocenters. The first-order valence-electron chi connectivity index (χ1n) is 12.2. The number of amides is 1. The van der Waals surface area contributed by atoms with E-state index in [-0.39, 0.29) is 29.1 Å². The summed E-state index contributed by atoms with van der Waals surface area (Å²) in [7, 11) is 1.61. The molecule has 188 valence electrons. The van der Waals surface area contributed by atoms with Crippen LogP contribution in [-0.4, -0.2) is 32.6 Å². The summed E-state index contributed by atoms with van der Waals surface area (Å²) in [6, 6.07) is 15.2. The van der Waals surface area contributed by atoms with Crippen LogP contribution < -0.4 is 15.6 Å². The van der Waals surface area contributed by atoms with Gasteiger partial charge in [-0.2, -0.15) is 5.10 Å². The number of carbonyl (C=O) groups excluding carboxylic acids is 1. The van der Waals surface area contributed by atoms with E-state index in [1.54, 1.807) is 19.5 Å². The van der Waals surface area contributed by atoms with Crippen molar-refractivity contribution in [3.05, 3.63) is 93.7 Å². The predicted molar refractivity (Wildman–Crippen MR) is 144 cm³/mol. The number of aryl methyl sites for hydroxylation is 1. The van der Waals surface area contributed by atoms with E-state index in [1.165, 1.54) is 4.52 Å². The molecule has 3 aromatic heterocycles. The van der Waals surface area contributed by atoms with Gasteiger partial charge in [0.05, 0.1) is 30.6 Å². The third-order valence-electron chi connectivity index (χ3n) is 6.67. The fraction of sp³-hybridized carbons (Fsp3) is 0.241. The summed E-state index contributed by atoms with van der Waals surface area (Å²) < 4.78 is 6.73. The molecule has 0 aliphatic carbocycles. The zero-order chi connectivity index (χ0) is 26.3. The molecule has 2 N–H and O–H groups in total. The van der Waals surface area contributed by atoms with Gasteiger partial charge in [0.25, 0.3) is 11.5 Å². The molecule has 1 unspecified atom stereocenters. The van der Waals surface area contributed by atoms with Gasteiger partial charge >= 0.3 is 0 Å². The molecule has 0 aliphatic heterocycles. The summed E-state index contributed by atoms with van der Waals surface area (Å²) in [5, 5.41) is 8.61. The standard InChI is InChI=1S/C29H29N5O3/c1-16(2)25-26(28(35)31-18(4)19-9-11-21(37-5)12-10-19)33-34-15-24(32-29(36)27(25)34)20-13-22-17(3)7-6-8-23(22)30-14-20/h6-16,18H,1-5H3,(H,31,35)(H,32,36). The number of pyridine rings is 1. The number of rotatable bonds is 6. The minimum Gasteiger partial charge on any atom is -0.497 e. The number of aromatic nitrogens is 4. The second kappa shape index (κ2) is 9.54. The predicted octanol–water partition coefficient (Wildman–Crippen LogP) is 5.17. The number of H-pyrrole nitrogens is 1. The minimum absolute atomic E-state index is 0.0912. The van der Waals surface area contributed by atoms with Crippen molar-refractivity contribution in [1.82, 2.24) is 24.9 Å². The van der Waals surface area contributed by atoms with Gasteiger partial charge in [0.15, 0.2) is 5.69 Å². The Morgan fingerprint density at radius 2 is 1.86 bits per heavy atom. The average Bonchev–Trinajstić information content (AvgIpc) is 3.29. The van der Waals surface area contributed by atoms with Gasteiger partial charge in [-0.1, -0.05) is 38.1 Å². The molecular weight excluding hydrogens is 466 g/mol. The van der Waals surface area contributed by atoms with Crippen LogP contribution in [0.2, 0.25) is 0 Å². The summed E-state index contributed by atoms with van der Waals surface area (Å²) in [6.07, 6.45) is 3.48. The molecule has 0 saturated carbocycles. The first-order valence-corrected chi connectivity index (χ1v) is 12.2. The molecule has 0 fully saturated rings. The normalized spacial score (nSPS) is 12.3. The van der Waals surface area contributed by atoms with Crippen molar-refractivity contribution in [2.24, 2.45) is 0 Å². The number of nitrogens with zero attached hydrogens (tertiary/aromatic N) is 3. The molecule has 8 heteroatoms. The van der Waals surface area contributed by atoms with Crippen molar-refractivity contribution in [2.45, 2.75) is 39.7 Å². The zero-order valence-electron chi connectivity index (χ0n) is 21.5. The summed E-state index contributed by atoms with van der Waals surface area (Å²) in [5.74, 6) is 0.322. The maximum absolute atomic E-state index is 13.4. The van der Waals surface area contributed by atoms with Crippen LogP contribution in [0.1, 0.15) is 59.9 Å². The second-order valence-electron chi connectivity index (χ2n) is 9.54. The summed E-state index contributed by atoms with van der Waals surface area (Å²) in [6.45, 7) is 7.83. The van der Waals surface area contributed by atoms with Gasteiger partial charge in [-0.25, -0.2) is 4.52 Å². The second-order valence-corrected chi connectivity index (χ2v) is 9.54. The Hall–Kier alpha value is -4.46. The van der Waals surface area contributed by atoms with E-state index in [2.05, 4.69) is 20.4 Å². The fourth-order valence-corrected chi connectivity index (χ4v) is 4.65. The number of hydrogen-bond acceptors (Lipinski definition) is 5. The maximum Gasteiger partial charge on any atom is 0.274 e. The SMILES string of the molecule is COc1ccc(C(C)NC(=O)c2nn3cc(-c4cnc5cccc(C)c5c4)[nH]c(=O)c3c2C(C)C)cc1. The van der Waals surface area contributed by atoms with Gasteiger partial charge in [0.1, 0.15) is 11.3 Å². The fourth-order valence-electron chi connectivity index (χ4n) is 4.65. The van der Waals surface area contributed by atoms with Crippen LogP contribution in [0.3, 0.4) is 0 Å². The molecule has 1 amide bonds. The highest BCUT2D eigenvalue weighted by Crippen LogP contribution is 2.27. The number of methoxy groups -OCH3 is 1. The largest absolute Gasteiger partial charge is 0.497 e. The molecule has 0 bridgehead atoms.